The van der Waals surface area contributed by atoms with Crippen molar-refractivity contribution in [1.82, 2.24) is 14.9 Å². The van der Waals surface area contributed by atoms with Gasteiger partial charge >= 0.3 is 6.03 Å². The number of urea groups is 1. The van der Waals surface area contributed by atoms with Crippen molar-refractivity contribution in [2.45, 2.75) is 32.1 Å². The lowest BCUT2D eigenvalue weighted by molar-refractivity contribution is 0.212. The molecule has 2 aliphatic heterocycles. The largest absolute Gasteiger partial charge is 0.352 e. The summed E-state index contributed by atoms with van der Waals surface area (Å²) in [5.41, 5.74) is 1.74. The molecule has 6 nitrogen and oxygen atoms in total. The van der Waals surface area contributed by atoms with Gasteiger partial charge in [0.05, 0.1) is 24.5 Å². The molecule has 1 fully saturated rings. The molecular weight excluding hydrogens is 412 g/mol. The predicted molar refractivity (Wildman–Crippen MR) is 118 cm³/mol. The number of nitrogens with one attached hydrogen (secondary N) is 1. The second kappa shape index (κ2) is 7.85. The van der Waals surface area contributed by atoms with Crippen molar-refractivity contribution >= 4 is 17.5 Å². The lowest BCUT2D eigenvalue weighted by Crippen LogP contribution is -2.32. The standard InChI is InChI=1S/C24H23F2N5O/c1-24(26)9-12-30(15-24)22-21(18(8-11-28-22)17-6-2-3-7-19(17)25)29-23(32)31-13-16-5-4-10-27-20(16)14-31/h2-8,10-11H,9,12-15H2,1H3,(H,29,32). The van der Waals surface area contributed by atoms with Gasteiger partial charge in [0, 0.05) is 43.0 Å². The van der Waals surface area contributed by atoms with E-state index in [0.29, 0.717) is 48.7 Å². The number of hydrogen-bond acceptors (Lipinski definition) is 4. The van der Waals surface area contributed by atoms with E-state index in [4.69, 9.17) is 0 Å². The highest BCUT2D eigenvalue weighted by atomic mass is 19.1. The van der Waals surface area contributed by atoms with Crippen molar-refractivity contribution in [3.8, 4) is 11.1 Å². The molecule has 1 aromatic carbocycles. The molecule has 1 atom stereocenters. The molecule has 8 heteroatoms. The minimum atomic E-state index is -1.35. The zero-order valence-corrected chi connectivity index (χ0v) is 17.7. The number of rotatable bonds is 3. The van der Waals surface area contributed by atoms with E-state index in [1.54, 1.807) is 53.4 Å². The summed E-state index contributed by atoms with van der Waals surface area (Å²) in [4.78, 5) is 25.5. The van der Waals surface area contributed by atoms with Crippen molar-refractivity contribution in [1.29, 1.82) is 0 Å². The molecule has 0 radical (unpaired) electrons. The Balaban J connectivity index is 1.52. The zero-order valence-electron chi connectivity index (χ0n) is 17.7. The Bertz CT molecular complexity index is 1160. The molecule has 1 saturated heterocycles. The average molecular weight is 435 g/mol. The second-order valence-corrected chi connectivity index (χ2v) is 8.52. The van der Waals surface area contributed by atoms with Crippen LogP contribution in [0.15, 0.2) is 54.9 Å². The van der Waals surface area contributed by atoms with Gasteiger partial charge < -0.3 is 15.1 Å². The summed E-state index contributed by atoms with van der Waals surface area (Å²) in [6.45, 7) is 3.00. The summed E-state index contributed by atoms with van der Waals surface area (Å²) < 4.78 is 29.3. The molecule has 1 N–H and O–H groups in total. The van der Waals surface area contributed by atoms with Gasteiger partial charge in [0.15, 0.2) is 5.82 Å². The summed E-state index contributed by atoms with van der Waals surface area (Å²) in [5.74, 6) is 0.0324. The first-order valence-electron chi connectivity index (χ1n) is 10.6. The topological polar surface area (TPSA) is 61.4 Å². The van der Waals surface area contributed by atoms with Crippen LogP contribution in [0.2, 0.25) is 0 Å². The second-order valence-electron chi connectivity index (χ2n) is 8.52. The number of amides is 2. The van der Waals surface area contributed by atoms with Crippen molar-refractivity contribution < 1.29 is 13.6 Å². The van der Waals surface area contributed by atoms with Crippen LogP contribution in [-0.2, 0) is 13.1 Å². The highest BCUT2D eigenvalue weighted by Crippen LogP contribution is 2.39. The normalized spacial score (nSPS) is 19.8. The SMILES string of the molecule is CC1(F)CCN(c2nccc(-c3ccccc3F)c2NC(=O)N2Cc3cccnc3C2)C1. The minimum absolute atomic E-state index is 0.155. The van der Waals surface area contributed by atoms with Crippen LogP contribution in [0.3, 0.4) is 0 Å². The van der Waals surface area contributed by atoms with Crippen LogP contribution in [0.25, 0.3) is 11.1 Å². The fraction of sp³-hybridized carbons (Fsp3) is 0.292. The van der Waals surface area contributed by atoms with Gasteiger partial charge in [0.1, 0.15) is 11.5 Å². The number of pyridine rings is 2. The smallest absolute Gasteiger partial charge is 0.322 e. The maximum Gasteiger partial charge on any atom is 0.322 e. The van der Waals surface area contributed by atoms with Crippen molar-refractivity contribution in [3.63, 3.8) is 0 Å². The van der Waals surface area contributed by atoms with Crippen LogP contribution >= 0.6 is 0 Å². The molecule has 2 aromatic heterocycles. The molecule has 2 aliphatic rings. The number of aromatic nitrogens is 2. The van der Waals surface area contributed by atoms with Crippen LogP contribution in [0, 0.1) is 5.82 Å². The molecule has 5 rings (SSSR count). The summed E-state index contributed by atoms with van der Waals surface area (Å²) >= 11 is 0. The third-order valence-electron chi connectivity index (χ3n) is 6.02. The predicted octanol–water partition coefficient (Wildman–Crippen LogP) is 4.77. The quantitative estimate of drug-likeness (QED) is 0.644. The molecule has 0 spiro atoms. The molecule has 3 aromatic rings. The van der Waals surface area contributed by atoms with Gasteiger partial charge in [0.25, 0.3) is 0 Å². The fourth-order valence-corrected chi connectivity index (χ4v) is 4.35. The van der Waals surface area contributed by atoms with Gasteiger partial charge in [-0.3, -0.25) is 4.98 Å². The third kappa shape index (κ3) is 3.77. The van der Waals surface area contributed by atoms with Gasteiger partial charge in [-0.25, -0.2) is 18.6 Å². The number of carbonyl (C=O) groups excluding carboxylic acids is 1. The van der Waals surface area contributed by atoms with Gasteiger partial charge in [0.2, 0.25) is 0 Å². The van der Waals surface area contributed by atoms with E-state index in [1.807, 2.05) is 12.1 Å². The number of anilines is 2. The fourth-order valence-electron chi connectivity index (χ4n) is 4.35. The number of alkyl halides is 1. The molecular formula is C24H23F2N5O. The van der Waals surface area contributed by atoms with E-state index in [0.717, 1.165) is 11.3 Å². The Hall–Kier alpha value is -3.55. The Labute approximate surface area is 184 Å². The number of hydrogen-bond donors (Lipinski definition) is 1. The molecule has 164 valence electrons. The Kier molecular flexibility index (Phi) is 5.00. The van der Waals surface area contributed by atoms with E-state index < -0.39 is 11.5 Å². The van der Waals surface area contributed by atoms with Crippen LogP contribution in [-0.4, -0.2) is 39.7 Å². The maximum absolute atomic E-state index is 14.7. The first-order valence-corrected chi connectivity index (χ1v) is 10.6. The summed E-state index contributed by atoms with van der Waals surface area (Å²) in [7, 11) is 0. The zero-order chi connectivity index (χ0) is 22.3. The summed E-state index contributed by atoms with van der Waals surface area (Å²) in [6.07, 6.45) is 3.63. The van der Waals surface area contributed by atoms with E-state index in [2.05, 4.69) is 15.3 Å². The van der Waals surface area contributed by atoms with E-state index >= 15 is 0 Å². The van der Waals surface area contributed by atoms with E-state index in [1.165, 1.54) is 6.07 Å². The highest BCUT2D eigenvalue weighted by molar-refractivity contribution is 5.99. The molecule has 4 heterocycles. The van der Waals surface area contributed by atoms with Crippen molar-refractivity contribution in [2.75, 3.05) is 23.3 Å². The lowest BCUT2D eigenvalue weighted by Gasteiger charge is -2.25. The average Bonchev–Trinajstić information content (AvgIpc) is 3.37. The number of fused-ring (bicyclic) bond motifs is 1. The van der Waals surface area contributed by atoms with Crippen LogP contribution in [0.1, 0.15) is 24.6 Å². The highest BCUT2D eigenvalue weighted by Gasteiger charge is 2.36. The molecule has 32 heavy (non-hydrogen) atoms. The first-order chi connectivity index (χ1) is 15.4. The number of carbonyl (C=O) groups is 1. The Morgan fingerprint density at radius 1 is 1.06 bits per heavy atom. The third-order valence-corrected chi connectivity index (χ3v) is 6.02. The molecule has 0 saturated carbocycles. The molecule has 1 unspecified atom stereocenters. The van der Waals surface area contributed by atoms with Gasteiger partial charge in [-0.15, -0.1) is 0 Å². The summed E-state index contributed by atoms with van der Waals surface area (Å²) in [6, 6.07) is 11.5. The number of halogens is 2. The van der Waals surface area contributed by atoms with Crippen LogP contribution < -0.4 is 10.2 Å². The summed E-state index contributed by atoms with van der Waals surface area (Å²) in [5, 5.41) is 2.95. The number of benzene rings is 1. The number of nitrogens with zero attached hydrogens (tertiary/aromatic N) is 4. The van der Waals surface area contributed by atoms with Gasteiger partial charge in [-0.05, 0) is 30.7 Å². The van der Waals surface area contributed by atoms with Crippen molar-refractivity contribution in [3.05, 3.63) is 71.9 Å². The van der Waals surface area contributed by atoms with Gasteiger partial charge in [-0.1, -0.05) is 24.3 Å². The lowest BCUT2D eigenvalue weighted by atomic mass is 10.0. The van der Waals surface area contributed by atoms with Gasteiger partial charge in [-0.2, -0.15) is 0 Å². The van der Waals surface area contributed by atoms with Crippen molar-refractivity contribution in [2.24, 2.45) is 0 Å². The van der Waals surface area contributed by atoms with E-state index in [-0.39, 0.29) is 12.6 Å². The minimum Gasteiger partial charge on any atom is -0.352 e. The maximum atomic E-state index is 14.7. The molecule has 0 bridgehead atoms. The molecule has 2 amide bonds. The van der Waals surface area contributed by atoms with E-state index in [9.17, 15) is 13.6 Å². The van der Waals surface area contributed by atoms with Crippen LogP contribution in [0.5, 0.6) is 0 Å². The molecule has 0 aliphatic carbocycles. The Morgan fingerprint density at radius 2 is 1.91 bits per heavy atom. The van der Waals surface area contributed by atoms with Crippen LogP contribution in [0.4, 0.5) is 25.1 Å². The monoisotopic (exact) mass is 435 g/mol. The first kappa shape index (κ1) is 20.4. The Morgan fingerprint density at radius 3 is 2.66 bits per heavy atom.